The second kappa shape index (κ2) is 9.93. The fourth-order valence-corrected chi connectivity index (χ4v) is 3.59. The molecule has 150 valence electrons. The van der Waals surface area contributed by atoms with Gasteiger partial charge in [-0.05, 0) is 38.1 Å². The van der Waals surface area contributed by atoms with Crippen LogP contribution in [0.3, 0.4) is 0 Å². The fraction of sp³-hybridized carbons (Fsp3) is 0.227. The number of thioether (sulfide) groups is 1. The highest BCUT2D eigenvalue weighted by Gasteiger charge is 2.20. The average molecular weight is 409 g/mol. The van der Waals surface area contributed by atoms with Gasteiger partial charge in [0, 0.05) is 17.8 Å². The van der Waals surface area contributed by atoms with Gasteiger partial charge in [0.15, 0.2) is 11.0 Å². The van der Waals surface area contributed by atoms with Gasteiger partial charge in [0.2, 0.25) is 5.91 Å². The topological polar surface area (TPSA) is 69.0 Å². The number of anilines is 1. The van der Waals surface area contributed by atoms with Crippen molar-refractivity contribution in [2.75, 3.05) is 11.9 Å². The van der Waals surface area contributed by atoms with Crippen LogP contribution in [0.5, 0.6) is 5.75 Å². The summed E-state index contributed by atoms with van der Waals surface area (Å²) >= 11 is 1.37. The van der Waals surface area contributed by atoms with Gasteiger partial charge in [-0.25, -0.2) is 0 Å². The molecule has 2 aromatic carbocycles. The van der Waals surface area contributed by atoms with Crippen molar-refractivity contribution < 1.29 is 9.53 Å². The molecule has 0 unspecified atom stereocenters. The Morgan fingerprint density at radius 1 is 1.21 bits per heavy atom. The van der Waals surface area contributed by atoms with Gasteiger partial charge in [-0.1, -0.05) is 48.2 Å². The van der Waals surface area contributed by atoms with E-state index in [0.29, 0.717) is 18.3 Å². The fourth-order valence-electron chi connectivity index (χ4n) is 2.73. The molecule has 3 rings (SSSR count). The highest BCUT2D eigenvalue weighted by Crippen LogP contribution is 2.27. The van der Waals surface area contributed by atoms with E-state index in [9.17, 15) is 4.79 Å². The summed E-state index contributed by atoms with van der Waals surface area (Å²) in [4.78, 5) is 12.6. The first-order valence-electron chi connectivity index (χ1n) is 9.42. The van der Waals surface area contributed by atoms with Crippen LogP contribution in [0.25, 0.3) is 11.4 Å². The molecule has 1 heterocycles. The lowest BCUT2D eigenvalue weighted by Crippen LogP contribution is -2.23. The smallest absolute Gasteiger partial charge is 0.237 e. The predicted molar refractivity (Wildman–Crippen MR) is 117 cm³/mol. The molecule has 0 fully saturated rings. The number of hydrogen-bond acceptors (Lipinski definition) is 5. The highest BCUT2D eigenvalue weighted by molar-refractivity contribution is 8.00. The van der Waals surface area contributed by atoms with Crippen molar-refractivity contribution in [1.82, 2.24) is 14.8 Å². The number of carbonyl (C=O) groups is 1. The molecule has 0 aliphatic rings. The van der Waals surface area contributed by atoms with E-state index in [1.165, 1.54) is 11.8 Å². The molecule has 0 saturated carbocycles. The van der Waals surface area contributed by atoms with Crippen LogP contribution in [-0.2, 0) is 11.3 Å². The van der Waals surface area contributed by atoms with E-state index >= 15 is 0 Å². The Hall–Kier alpha value is -3.06. The Labute approximate surface area is 175 Å². The number of aromatic nitrogens is 3. The first-order valence-corrected chi connectivity index (χ1v) is 10.3. The highest BCUT2D eigenvalue weighted by atomic mass is 32.2. The minimum absolute atomic E-state index is 0.103. The molecule has 1 atom stereocenters. The van der Waals surface area contributed by atoms with E-state index in [1.807, 2.05) is 73.0 Å². The van der Waals surface area contributed by atoms with E-state index in [2.05, 4.69) is 22.1 Å². The lowest BCUT2D eigenvalue weighted by Gasteiger charge is -2.13. The van der Waals surface area contributed by atoms with E-state index in [1.54, 1.807) is 6.08 Å². The van der Waals surface area contributed by atoms with Crippen molar-refractivity contribution in [2.45, 2.75) is 30.8 Å². The van der Waals surface area contributed by atoms with Crippen LogP contribution in [0.1, 0.15) is 13.8 Å². The average Bonchev–Trinajstić information content (AvgIpc) is 3.13. The van der Waals surface area contributed by atoms with Crippen molar-refractivity contribution in [1.29, 1.82) is 0 Å². The van der Waals surface area contributed by atoms with Crippen LogP contribution in [0.15, 0.2) is 72.4 Å². The van der Waals surface area contributed by atoms with Crippen LogP contribution in [0.2, 0.25) is 0 Å². The number of benzene rings is 2. The number of allylic oxidation sites excluding steroid dienone is 1. The molecule has 3 aromatic rings. The number of nitrogens with zero attached hydrogens (tertiary/aromatic N) is 3. The molecular weight excluding hydrogens is 384 g/mol. The zero-order chi connectivity index (χ0) is 20.6. The minimum atomic E-state index is -0.349. The zero-order valence-electron chi connectivity index (χ0n) is 16.5. The molecule has 0 radical (unpaired) electrons. The van der Waals surface area contributed by atoms with Gasteiger partial charge in [0.05, 0.1) is 11.9 Å². The van der Waals surface area contributed by atoms with Crippen molar-refractivity contribution >= 4 is 23.4 Å². The molecule has 0 bridgehead atoms. The summed E-state index contributed by atoms with van der Waals surface area (Å²) in [7, 11) is 0. The van der Waals surface area contributed by atoms with Gasteiger partial charge in [-0.3, -0.25) is 9.36 Å². The van der Waals surface area contributed by atoms with Gasteiger partial charge in [0.25, 0.3) is 0 Å². The third kappa shape index (κ3) is 5.26. The number of nitrogens with one attached hydrogen (secondary N) is 1. The van der Waals surface area contributed by atoms with E-state index < -0.39 is 0 Å². The van der Waals surface area contributed by atoms with Gasteiger partial charge in [-0.2, -0.15) is 0 Å². The molecule has 7 heteroatoms. The largest absolute Gasteiger partial charge is 0.494 e. The van der Waals surface area contributed by atoms with Crippen LogP contribution in [0, 0.1) is 0 Å². The SMILES string of the molecule is C=CCn1c(S[C@H](C)C(=O)Nc2ccc(OCC)cc2)nnc1-c1ccccc1. The molecular formula is C22H24N4O2S. The first kappa shape index (κ1) is 20.7. The lowest BCUT2D eigenvalue weighted by atomic mass is 10.2. The molecule has 0 saturated heterocycles. The summed E-state index contributed by atoms with van der Waals surface area (Å²) in [5.74, 6) is 1.43. The Morgan fingerprint density at radius 2 is 1.93 bits per heavy atom. The van der Waals surface area contributed by atoms with Crippen molar-refractivity contribution in [2.24, 2.45) is 0 Å². The van der Waals surface area contributed by atoms with Crippen LogP contribution >= 0.6 is 11.8 Å². The van der Waals surface area contributed by atoms with E-state index in [4.69, 9.17) is 4.74 Å². The Balaban J connectivity index is 1.71. The van der Waals surface area contributed by atoms with Crippen molar-refractivity contribution in [3.63, 3.8) is 0 Å². The predicted octanol–water partition coefficient (Wildman–Crippen LogP) is 4.65. The monoisotopic (exact) mass is 408 g/mol. The second-order valence-electron chi connectivity index (χ2n) is 6.28. The molecule has 6 nitrogen and oxygen atoms in total. The van der Waals surface area contributed by atoms with Crippen LogP contribution in [-0.4, -0.2) is 32.5 Å². The van der Waals surface area contributed by atoms with Crippen molar-refractivity contribution in [3.05, 3.63) is 67.3 Å². The first-order chi connectivity index (χ1) is 14.1. The summed E-state index contributed by atoms with van der Waals surface area (Å²) in [5.41, 5.74) is 1.70. The van der Waals surface area contributed by atoms with Gasteiger partial charge in [-0.15, -0.1) is 16.8 Å². The summed E-state index contributed by atoms with van der Waals surface area (Å²) in [6, 6.07) is 17.2. The molecule has 1 aromatic heterocycles. The number of amides is 1. The maximum atomic E-state index is 12.6. The second-order valence-corrected chi connectivity index (χ2v) is 7.59. The maximum Gasteiger partial charge on any atom is 0.237 e. The Morgan fingerprint density at radius 3 is 2.59 bits per heavy atom. The van der Waals surface area contributed by atoms with E-state index in [-0.39, 0.29) is 11.2 Å². The lowest BCUT2D eigenvalue weighted by molar-refractivity contribution is -0.115. The number of rotatable bonds is 9. The zero-order valence-corrected chi connectivity index (χ0v) is 17.4. The summed E-state index contributed by atoms with van der Waals surface area (Å²) in [5, 5.41) is 11.9. The van der Waals surface area contributed by atoms with E-state index in [0.717, 1.165) is 22.8 Å². The molecule has 1 amide bonds. The van der Waals surface area contributed by atoms with Crippen LogP contribution in [0.4, 0.5) is 5.69 Å². The number of carbonyl (C=O) groups excluding carboxylic acids is 1. The molecule has 1 N–H and O–H groups in total. The normalized spacial score (nSPS) is 11.7. The van der Waals surface area contributed by atoms with Crippen LogP contribution < -0.4 is 10.1 Å². The third-order valence-corrected chi connectivity index (χ3v) is 5.23. The van der Waals surface area contributed by atoms with Crippen molar-refractivity contribution in [3.8, 4) is 17.1 Å². The minimum Gasteiger partial charge on any atom is -0.494 e. The summed E-state index contributed by atoms with van der Waals surface area (Å²) in [6.07, 6.45) is 1.80. The Kier molecular flexibility index (Phi) is 7.08. The number of ether oxygens (including phenoxy) is 1. The third-order valence-electron chi connectivity index (χ3n) is 4.14. The molecule has 0 spiro atoms. The maximum absolute atomic E-state index is 12.6. The van der Waals surface area contributed by atoms with Gasteiger partial charge >= 0.3 is 0 Å². The summed E-state index contributed by atoms with van der Waals surface area (Å²) in [6.45, 7) is 8.78. The quantitative estimate of drug-likeness (QED) is 0.412. The Bertz CT molecular complexity index is 955. The number of hydrogen-bond donors (Lipinski definition) is 1. The van der Waals surface area contributed by atoms with Gasteiger partial charge < -0.3 is 10.1 Å². The molecule has 0 aliphatic carbocycles. The van der Waals surface area contributed by atoms with Gasteiger partial charge in [0.1, 0.15) is 5.75 Å². The standard InChI is InChI=1S/C22H24N4O2S/c1-4-15-26-20(17-9-7-6-8-10-17)24-25-22(26)29-16(3)21(27)23-18-11-13-19(14-12-18)28-5-2/h4,6-14,16H,1,5,15H2,2-3H3,(H,23,27)/t16-/m1/s1. The molecule has 29 heavy (non-hydrogen) atoms. The molecule has 0 aliphatic heterocycles. The summed E-state index contributed by atoms with van der Waals surface area (Å²) < 4.78 is 7.39.